The Labute approximate surface area is 130 Å². The average molecular weight is 309 g/mol. The van der Waals surface area contributed by atoms with Crippen LogP contribution in [0.4, 0.5) is 0 Å². The predicted molar refractivity (Wildman–Crippen MR) is 81.6 cm³/mol. The number of carbonyl (C=O) groups is 2. The van der Waals surface area contributed by atoms with Crippen molar-refractivity contribution in [2.45, 2.75) is 38.3 Å². The fraction of sp³-hybridized carbons (Fsp3) is 0.500. The molecule has 0 aliphatic carbocycles. The van der Waals surface area contributed by atoms with E-state index in [2.05, 4.69) is 5.32 Å². The Morgan fingerprint density at radius 2 is 1.91 bits per heavy atom. The first kappa shape index (κ1) is 18.1. The highest BCUT2D eigenvalue weighted by Gasteiger charge is 2.24. The molecule has 122 valence electrons. The first-order valence-corrected chi connectivity index (χ1v) is 7.22. The Kier molecular flexibility index (Phi) is 7.56. The number of Topliss-reactive ketones (excluding diaryl/α,β-unsaturated/α-hetero) is 1. The molecule has 22 heavy (non-hydrogen) atoms. The molecule has 3 N–H and O–H groups in total. The number of carbonyl (C=O) groups excluding carboxylic acids is 2. The summed E-state index contributed by atoms with van der Waals surface area (Å²) in [6, 6.07) is 6.53. The molecule has 0 spiro atoms. The van der Waals surface area contributed by atoms with Crippen LogP contribution >= 0.6 is 0 Å². The fourth-order valence-electron chi connectivity index (χ4n) is 2.06. The lowest BCUT2D eigenvalue weighted by Gasteiger charge is -2.19. The van der Waals surface area contributed by atoms with Crippen molar-refractivity contribution >= 4 is 11.7 Å². The molecule has 6 nitrogen and oxygen atoms in total. The van der Waals surface area contributed by atoms with Crippen LogP contribution in [0.15, 0.2) is 24.3 Å². The first-order chi connectivity index (χ1) is 10.5. The van der Waals surface area contributed by atoms with Crippen molar-refractivity contribution in [3.8, 4) is 5.75 Å². The summed E-state index contributed by atoms with van der Waals surface area (Å²) < 4.78 is 5.07. The maximum absolute atomic E-state index is 11.8. The number of ether oxygens (including phenoxy) is 1. The Hall–Kier alpha value is -1.92. The number of benzene rings is 1. The highest BCUT2D eigenvalue weighted by atomic mass is 16.5. The van der Waals surface area contributed by atoms with Gasteiger partial charge in [0.15, 0.2) is 5.78 Å². The zero-order chi connectivity index (χ0) is 16.5. The molecule has 0 bridgehead atoms. The maximum Gasteiger partial charge on any atom is 0.220 e. The highest BCUT2D eigenvalue weighted by molar-refractivity contribution is 5.90. The van der Waals surface area contributed by atoms with Gasteiger partial charge >= 0.3 is 0 Å². The minimum absolute atomic E-state index is 0.244. The van der Waals surface area contributed by atoms with Gasteiger partial charge in [-0.25, -0.2) is 0 Å². The van der Waals surface area contributed by atoms with Crippen molar-refractivity contribution in [1.82, 2.24) is 5.32 Å². The molecule has 0 saturated carbocycles. The molecule has 0 aliphatic heterocycles. The summed E-state index contributed by atoms with van der Waals surface area (Å²) in [7, 11) is 1.60. The lowest BCUT2D eigenvalue weighted by Crippen LogP contribution is -2.48. The average Bonchev–Trinajstić information content (AvgIpc) is 2.52. The molecule has 0 saturated heterocycles. The summed E-state index contributed by atoms with van der Waals surface area (Å²) in [6.45, 7) is 0.692. The van der Waals surface area contributed by atoms with Crippen LogP contribution in [-0.4, -0.2) is 47.8 Å². The summed E-state index contributed by atoms with van der Waals surface area (Å²) in [5.74, 6) is -0.136. The SMILES string of the molecule is COc1ccc(CCCC(=O)N[C@H](C(=O)CO)[C@@H](C)O)cc1. The fourth-order valence-corrected chi connectivity index (χ4v) is 2.06. The van der Waals surface area contributed by atoms with Crippen LogP contribution in [0.5, 0.6) is 5.75 Å². The Morgan fingerprint density at radius 1 is 1.27 bits per heavy atom. The summed E-state index contributed by atoms with van der Waals surface area (Å²) in [5, 5.41) is 20.7. The van der Waals surface area contributed by atoms with Gasteiger partial charge in [0.2, 0.25) is 5.91 Å². The van der Waals surface area contributed by atoms with Gasteiger partial charge in [-0.1, -0.05) is 12.1 Å². The zero-order valence-electron chi connectivity index (χ0n) is 12.9. The number of methoxy groups -OCH3 is 1. The van der Waals surface area contributed by atoms with E-state index in [0.717, 1.165) is 17.7 Å². The molecule has 1 aromatic rings. The molecule has 1 rings (SSSR count). The van der Waals surface area contributed by atoms with E-state index >= 15 is 0 Å². The minimum Gasteiger partial charge on any atom is -0.497 e. The van der Waals surface area contributed by atoms with Gasteiger partial charge in [0.1, 0.15) is 18.4 Å². The molecule has 0 radical (unpaired) electrons. The van der Waals surface area contributed by atoms with Crippen molar-refractivity contribution in [3.05, 3.63) is 29.8 Å². The molecule has 0 fully saturated rings. The Bertz CT molecular complexity index is 484. The van der Waals surface area contributed by atoms with Crippen LogP contribution in [0.2, 0.25) is 0 Å². The second-order valence-electron chi connectivity index (χ2n) is 5.11. The van der Waals surface area contributed by atoms with Crippen LogP contribution in [0.25, 0.3) is 0 Å². The second-order valence-corrected chi connectivity index (χ2v) is 5.11. The molecule has 2 atom stereocenters. The van der Waals surface area contributed by atoms with Gasteiger partial charge in [-0.3, -0.25) is 9.59 Å². The van der Waals surface area contributed by atoms with Crippen LogP contribution < -0.4 is 10.1 Å². The van der Waals surface area contributed by atoms with E-state index in [1.54, 1.807) is 7.11 Å². The van der Waals surface area contributed by atoms with Gasteiger partial charge in [-0.2, -0.15) is 0 Å². The van der Waals surface area contributed by atoms with Crippen molar-refractivity contribution in [2.24, 2.45) is 0 Å². The molecule has 1 aromatic carbocycles. The number of aliphatic hydroxyl groups excluding tert-OH is 2. The quantitative estimate of drug-likeness (QED) is 0.615. The van der Waals surface area contributed by atoms with Crippen molar-refractivity contribution < 1.29 is 24.5 Å². The molecule has 1 amide bonds. The molecule has 6 heteroatoms. The van der Waals surface area contributed by atoms with Crippen LogP contribution in [-0.2, 0) is 16.0 Å². The molecule has 0 heterocycles. The largest absolute Gasteiger partial charge is 0.497 e. The van der Waals surface area contributed by atoms with E-state index in [4.69, 9.17) is 9.84 Å². The summed E-state index contributed by atoms with van der Waals surface area (Å²) in [6.07, 6.45) is 0.557. The highest BCUT2D eigenvalue weighted by Crippen LogP contribution is 2.13. The molecule has 0 aliphatic rings. The van der Waals surface area contributed by atoms with E-state index < -0.39 is 24.5 Å². The third kappa shape index (κ3) is 5.83. The first-order valence-electron chi connectivity index (χ1n) is 7.22. The normalized spacial score (nSPS) is 13.3. The van der Waals surface area contributed by atoms with E-state index in [9.17, 15) is 14.7 Å². The number of hydrogen-bond donors (Lipinski definition) is 3. The van der Waals surface area contributed by atoms with Gasteiger partial charge in [0.05, 0.1) is 13.2 Å². The molecule has 0 unspecified atom stereocenters. The van der Waals surface area contributed by atoms with E-state index in [-0.39, 0.29) is 12.3 Å². The summed E-state index contributed by atoms with van der Waals surface area (Å²) in [4.78, 5) is 23.2. The van der Waals surface area contributed by atoms with E-state index in [1.165, 1.54) is 6.92 Å². The Balaban J connectivity index is 2.40. The van der Waals surface area contributed by atoms with E-state index in [1.807, 2.05) is 24.3 Å². The van der Waals surface area contributed by atoms with Gasteiger partial charge < -0.3 is 20.3 Å². The number of nitrogens with one attached hydrogen (secondary N) is 1. The monoisotopic (exact) mass is 309 g/mol. The molecular formula is C16H23NO5. The van der Waals surface area contributed by atoms with Crippen LogP contribution in [0, 0.1) is 0 Å². The van der Waals surface area contributed by atoms with Crippen molar-refractivity contribution in [2.75, 3.05) is 13.7 Å². The maximum atomic E-state index is 11.8. The number of aryl methyl sites for hydroxylation is 1. The summed E-state index contributed by atoms with van der Waals surface area (Å²) >= 11 is 0. The third-order valence-corrected chi connectivity index (χ3v) is 3.33. The summed E-state index contributed by atoms with van der Waals surface area (Å²) in [5.41, 5.74) is 1.09. The number of amides is 1. The van der Waals surface area contributed by atoms with Gasteiger partial charge in [-0.05, 0) is 37.5 Å². The standard InChI is InChI=1S/C16H23NO5/c1-11(19)16(14(20)10-18)17-15(21)5-3-4-12-6-8-13(22-2)9-7-12/h6-9,11,16,18-19H,3-5,10H2,1-2H3,(H,17,21)/t11-,16+/m1/s1. The third-order valence-electron chi connectivity index (χ3n) is 3.33. The number of rotatable bonds is 9. The van der Waals surface area contributed by atoms with E-state index in [0.29, 0.717) is 6.42 Å². The van der Waals surface area contributed by atoms with Crippen molar-refractivity contribution in [1.29, 1.82) is 0 Å². The number of ketones is 1. The number of hydrogen-bond acceptors (Lipinski definition) is 5. The topological polar surface area (TPSA) is 95.9 Å². The van der Waals surface area contributed by atoms with Gasteiger partial charge in [0, 0.05) is 6.42 Å². The van der Waals surface area contributed by atoms with Gasteiger partial charge in [-0.15, -0.1) is 0 Å². The van der Waals surface area contributed by atoms with Crippen LogP contribution in [0.1, 0.15) is 25.3 Å². The molecular weight excluding hydrogens is 286 g/mol. The predicted octanol–water partition coefficient (Wildman–Crippen LogP) is 0.445. The van der Waals surface area contributed by atoms with Crippen molar-refractivity contribution in [3.63, 3.8) is 0 Å². The smallest absolute Gasteiger partial charge is 0.220 e. The molecule has 0 aromatic heterocycles. The second kappa shape index (κ2) is 9.17. The zero-order valence-corrected chi connectivity index (χ0v) is 12.9. The Morgan fingerprint density at radius 3 is 2.41 bits per heavy atom. The number of aliphatic hydroxyl groups is 2. The minimum atomic E-state index is -1.06. The lowest BCUT2D eigenvalue weighted by atomic mass is 10.1. The lowest BCUT2D eigenvalue weighted by molar-refractivity contribution is -0.131. The van der Waals surface area contributed by atoms with Gasteiger partial charge in [0.25, 0.3) is 0 Å². The van der Waals surface area contributed by atoms with Crippen LogP contribution in [0.3, 0.4) is 0 Å².